The van der Waals surface area contributed by atoms with E-state index < -0.39 is 0 Å². The first-order valence-corrected chi connectivity index (χ1v) is 7.15. The van der Waals surface area contributed by atoms with Crippen LogP contribution in [0.25, 0.3) is 0 Å². The second-order valence-electron chi connectivity index (χ2n) is 4.10. The van der Waals surface area contributed by atoms with Gasteiger partial charge >= 0.3 is 0 Å². The number of methoxy groups -OCH3 is 2. The van der Waals surface area contributed by atoms with Gasteiger partial charge in [-0.2, -0.15) is 11.8 Å². The van der Waals surface area contributed by atoms with Crippen LogP contribution in [-0.2, 0) is 9.47 Å². The van der Waals surface area contributed by atoms with E-state index in [2.05, 4.69) is 32.3 Å². The molecule has 1 unspecified atom stereocenters. The molecular formula is C12H27NO2S. The molecule has 0 aliphatic rings. The fraction of sp³-hybridized carbons (Fsp3) is 1.00. The molecule has 0 rings (SSSR count). The molecule has 1 N–H and O–H groups in total. The molecule has 0 spiro atoms. The van der Waals surface area contributed by atoms with Crippen LogP contribution in [-0.4, -0.2) is 44.1 Å². The van der Waals surface area contributed by atoms with Crippen LogP contribution in [0.5, 0.6) is 0 Å². The van der Waals surface area contributed by atoms with E-state index in [1.165, 1.54) is 12.8 Å². The standard InChI is InChI=1S/C12H27NO2S/c1-7-12(8-2,16-6)9-13-10(3)11(14-4)15-5/h10-11,13H,7-9H2,1-6H3. The van der Waals surface area contributed by atoms with E-state index in [4.69, 9.17) is 9.47 Å². The normalized spacial score (nSPS) is 14.4. The van der Waals surface area contributed by atoms with Crippen LogP contribution in [0.4, 0.5) is 0 Å². The van der Waals surface area contributed by atoms with Crippen LogP contribution in [0.1, 0.15) is 33.6 Å². The van der Waals surface area contributed by atoms with Gasteiger partial charge in [0, 0.05) is 25.5 Å². The van der Waals surface area contributed by atoms with Gasteiger partial charge in [-0.15, -0.1) is 0 Å². The van der Waals surface area contributed by atoms with E-state index in [0.717, 1.165) is 6.54 Å². The lowest BCUT2D eigenvalue weighted by Crippen LogP contribution is -2.46. The van der Waals surface area contributed by atoms with Crippen molar-refractivity contribution in [2.45, 2.75) is 50.7 Å². The third-order valence-corrected chi connectivity index (χ3v) is 4.93. The number of thioether (sulfide) groups is 1. The average Bonchev–Trinajstić information content (AvgIpc) is 2.33. The van der Waals surface area contributed by atoms with Crippen molar-refractivity contribution in [3.05, 3.63) is 0 Å². The van der Waals surface area contributed by atoms with Crippen LogP contribution in [0, 0.1) is 0 Å². The molecular weight excluding hydrogens is 222 g/mol. The van der Waals surface area contributed by atoms with Gasteiger partial charge in [-0.25, -0.2) is 0 Å². The molecule has 0 amide bonds. The molecule has 0 aromatic heterocycles. The summed E-state index contributed by atoms with van der Waals surface area (Å²) in [6.45, 7) is 7.58. The Morgan fingerprint density at radius 3 is 2.00 bits per heavy atom. The highest BCUT2D eigenvalue weighted by Gasteiger charge is 2.26. The quantitative estimate of drug-likeness (QED) is 0.636. The van der Waals surface area contributed by atoms with Crippen LogP contribution < -0.4 is 5.32 Å². The van der Waals surface area contributed by atoms with Crippen molar-refractivity contribution in [3.8, 4) is 0 Å². The van der Waals surface area contributed by atoms with Gasteiger partial charge in [0.15, 0.2) is 6.29 Å². The van der Waals surface area contributed by atoms with E-state index in [9.17, 15) is 0 Å². The zero-order valence-corrected chi connectivity index (χ0v) is 12.3. The molecule has 0 aromatic carbocycles. The van der Waals surface area contributed by atoms with Gasteiger partial charge in [0.05, 0.1) is 6.04 Å². The molecule has 0 saturated carbocycles. The van der Waals surface area contributed by atoms with Crippen LogP contribution in [0.3, 0.4) is 0 Å². The van der Waals surface area contributed by atoms with Gasteiger partial charge in [-0.3, -0.25) is 0 Å². The second-order valence-corrected chi connectivity index (χ2v) is 5.38. The second kappa shape index (κ2) is 8.34. The van der Waals surface area contributed by atoms with Crippen LogP contribution in [0.15, 0.2) is 0 Å². The zero-order chi connectivity index (χ0) is 12.6. The fourth-order valence-electron chi connectivity index (χ4n) is 1.81. The predicted molar refractivity (Wildman–Crippen MR) is 72.1 cm³/mol. The van der Waals surface area contributed by atoms with Crippen molar-refractivity contribution < 1.29 is 9.47 Å². The van der Waals surface area contributed by atoms with Crippen LogP contribution in [0.2, 0.25) is 0 Å². The van der Waals surface area contributed by atoms with Gasteiger partial charge in [-0.1, -0.05) is 13.8 Å². The van der Waals surface area contributed by atoms with E-state index in [0.29, 0.717) is 4.75 Å². The summed E-state index contributed by atoms with van der Waals surface area (Å²) in [7, 11) is 3.35. The Balaban J connectivity index is 4.19. The highest BCUT2D eigenvalue weighted by molar-refractivity contribution is 8.00. The lowest BCUT2D eigenvalue weighted by atomic mass is 10.0. The highest BCUT2D eigenvalue weighted by Crippen LogP contribution is 2.29. The molecule has 0 bridgehead atoms. The summed E-state index contributed by atoms with van der Waals surface area (Å²) in [5.41, 5.74) is 0. The first-order valence-electron chi connectivity index (χ1n) is 5.93. The molecule has 98 valence electrons. The minimum absolute atomic E-state index is 0.173. The predicted octanol–water partition coefficient (Wildman–Crippen LogP) is 2.51. The van der Waals surface area contributed by atoms with Crippen molar-refractivity contribution in [3.63, 3.8) is 0 Å². The molecule has 0 aliphatic heterocycles. The smallest absolute Gasteiger partial charge is 0.171 e. The fourth-order valence-corrected chi connectivity index (χ4v) is 2.61. The summed E-state index contributed by atoms with van der Waals surface area (Å²) in [5.74, 6) is 0. The zero-order valence-electron chi connectivity index (χ0n) is 11.5. The van der Waals surface area contributed by atoms with E-state index >= 15 is 0 Å². The van der Waals surface area contributed by atoms with Crippen molar-refractivity contribution in [2.24, 2.45) is 0 Å². The molecule has 0 saturated heterocycles. The van der Waals surface area contributed by atoms with Gasteiger partial charge in [0.1, 0.15) is 0 Å². The third kappa shape index (κ3) is 4.62. The number of nitrogens with one attached hydrogen (secondary N) is 1. The summed E-state index contributed by atoms with van der Waals surface area (Å²) < 4.78 is 10.8. The summed E-state index contributed by atoms with van der Waals surface area (Å²) >= 11 is 1.94. The van der Waals surface area contributed by atoms with Gasteiger partial charge in [0.25, 0.3) is 0 Å². The van der Waals surface area contributed by atoms with Gasteiger partial charge < -0.3 is 14.8 Å². The van der Waals surface area contributed by atoms with Crippen molar-refractivity contribution in [1.29, 1.82) is 0 Å². The van der Waals surface area contributed by atoms with Crippen molar-refractivity contribution in [2.75, 3.05) is 27.0 Å². The number of rotatable bonds is 9. The summed E-state index contributed by atoms with van der Waals surface area (Å²) in [6, 6.07) is 0.208. The lowest BCUT2D eigenvalue weighted by molar-refractivity contribution is -0.119. The van der Waals surface area contributed by atoms with Gasteiger partial charge in [0.2, 0.25) is 0 Å². The maximum atomic E-state index is 5.24. The highest BCUT2D eigenvalue weighted by atomic mass is 32.2. The summed E-state index contributed by atoms with van der Waals surface area (Å²) in [4.78, 5) is 0. The topological polar surface area (TPSA) is 30.5 Å². The minimum Gasteiger partial charge on any atom is -0.354 e. The summed E-state index contributed by atoms with van der Waals surface area (Å²) in [5, 5.41) is 3.51. The number of hydrogen-bond donors (Lipinski definition) is 1. The van der Waals surface area contributed by atoms with E-state index in [1.54, 1.807) is 14.2 Å². The Morgan fingerprint density at radius 1 is 1.19 bits per heavy atom. The summed E-state index contributed by atoms with van der Waals surface area (Å²) in [6.07, 6.45) is 4.36. The molecule has 16 heavy (non-hydrogen) atoms. The molecule has 0 heterocycles. The molecule has 3 nitrogen and oxygen atoms in total. The Morgan fingerprint density at radius 2 is 1.69 bits per heavy atom. The monoisotopic (exact) mass is 249 g/mol. The Kier molecular flexibility index (Phi) is 8.46. The molecule has 0 aliphatic carbocycles. The number of ether oxygens (including phenoxy) is 2. The molecule has 0 radical (unpaired) electrons. The van der Waals surface area contributed by atoms with Crippen LogP contribution >= 0.6 is 11.8 Å². The Bertz CT molecular complexity index is 162. The first kappa shape index (κ1) is 16.2. The first-order chi connectivity index (χ1) is 7.59. The maximum Gasteiger partial charge on any atom is 0.171 e. The lowest BCUT2D eigenvalue weighted by Gasteiger charge is -2.32. The van der Waals surface area contributed by atoms with Crippen molar-refractivity contribution >= 4 is 11.8 Å². The maximum absolute atomic E-state index is 5.24. The van der Waals surface area contributed by atoms with E-state index in [-0.39, 0.29) is 12.3 Å². The molecule has 0 fully saturated rings. The largest absolute Gasteiger partial charge is 0.354 e. The molecule has 0 aromatic rings. The Hall–Kier alpha value is 0.230. The Labute approximate surface area is 105 Å². The van der Waals surface area contributed by atoms with Crippen molar-refractivity contribution in [1.82, 2.24) is 5.32 Å². The van der Waals surface area contributed by atoms with Gasteiger partial charge in [-0.05, 0) is 26.0 Å². The average molecular weight is 249 g/mol. The van der Waals surface area contributed by atoms with E-state index in [1.807, 2.05) is 11.8 Å². The SMILES string of the molecule is CCC(CC)(CNC(C)C(OC)OC)SC. The third-order valence-electron chi connectivity index (χ3n) is 3.34. The minimum atomic E-state index is -0.173. The molecule has 4 heteroatoms. The molecule has 1 atom stereocenters. The number of hydrogen-bond acceptors (Lipinski definition) is 4.